The number of aliphatic hydroxyl groups is 1. The van der Waals surface area contributed by atoms with Gasteiger partial charge in [0.1, 0.15) is 13.2 Å². The van der Waals surface area contributed by atoms with Crippen molar-refractivity contribution in [1.29, 1.82) is 0 Å². The summed E-state index contributed by atoms with van der Waals surface area (Å²) in [6.45, 7) is 4.83. The summed E-state index contributed by atoms with van der Waals surface area (Å²) < 4.78 is 23.7. The second kappa shape index (κ2) is 53.3. The number of carbonyl (C=O) groups excluding carboxylic acids is 1. The van der Waals surface area contributed by atoms with Crippen molar-refractivity contribution in [2.75, 3.05) is 40.9 Å². The normalized spacial score (nSPS) is 14.2. The molecule has 9 heteroatoms. The minimum absolute atomic E-state index is 0.0623. The second-order valence-corrected chi connectivity index (χ2v) is 23.5. The van der Waals surface area contributed by atoms with Crippen molar-refractivity contribution in [3.63, 3.8) is 0 Å². The van der Waals surface area contributed by atoms with E-state index in [2.05, 4.69) is 55.6 Å². The van der Waals surface area contributed by atoms with Crippen molar-refractivity contribution in [3.8, 4) is 0 Å². The Hall–Kier alpha value is -1.54. The van der Waals surface area contributed by atoms with Gasteiger partial charge in [0.2, 0.25) is 5.91 Å². The summed E-state index contributed by atoms with van der Waals surface area (Å²) in [7, 11) is 1.58. The molecule has 0 radical (unpaired) electrons. The zero-order valence-corrected chi connectivity index (χ0v) is 48.6. The number of quaternary nitrogens is 1. The molecule has 0 heterocycles. The number of amides is 1. The Labute approximate surface area is 441 Å². The van der Waals surface area contributed by atoms with Gasteiger partial charge in [-0.1, -0.05) is 274 Å². The zero-order chi connectivity index (χ0) is 52.0. The fourth-order valence-corrected chi connectivity index (χ4v) is 9.73. The molecular formula is C62H120N2O6P+. The molecule has 3 N–H and O–H groups in total. The fourth-order valence-electron chi connectivity index (χ4n) is 8.99. The molecule has 0 aromatic carbocycles. The summed E-state index contributed by atoms with van der Waals surface area (Å²) in [5.74, 6) is -0.174. The number of hydrogen-bond donors (Lipinski definition) is 3. The van der Waals surface area contributed by atoms with Crippen LogP contribution in [0.1, 0.15) is 290 Å². The van der Waals surface area contributed by atoms with Gasteiger partial charge in [0, 0.05) is 6.42 Å². The van der Waals surface area contributed by atoms with Crippen molar-refractivity contribution in [3.05, 3.63) is 48.6 Å². The van der Waals surface area contributed by atoms with Gasteiger partial charge >= 0.3 is 7.82 Å². The Morgan fingerprint density at radius 1 is 0.479 bits per heavy atom. The first kappa shape index (κ1) is 69.5. The average Bonchev–Trinajstić information content (AvgIpc) is 3.33. The molecule has 0 aliphatic rings. The number of carbonyl (C=O) groups is 1. The minimum atomic E-state index is -4.35. The molecule has 3 unspecified atom stereocenters. The fraction of sp³-hybridized carbons (Fsp3) is 0.855. The van der Waals surface area contributed by atoms with Crippen LogP contribution in [-0.4, -0.2) is 73.4 Å². The molecule has 0 aliphatic heterocycles. The van der Waals surface area contributed by atoms with Crippen molar-refractivity contribution in [2.24, 2.45) is 0 Å². The molecule has 3 atom stereocenters. The summed E-state index contributed by atoms with van der Waals surface area (Å²) in [4.78, 5) is 23.3. The molecule has 0 spiro atoms. The van der Waals surface area contributed by atoms with Crippen LogP contribution in [0.5, 0.6) is 0 Å². The van der Waals surface area contributed by atoms with Crippen LogP contribution in [0.3, 0.4) is 0 Å². The third kappa shape index (κ3) is 56.0. The number of likely N-dealkylation sites (N-methyl/N-ethyl adjacent to an activating group) is 1. The number of phosphoric acid groups is 1. The maximum atomic E-state index is 13.0. The number of allylic oxidation sites excluding steroid dienone is 7. The molecule has 0 aliphatic carbocycles. The predicted molar refractivity (Wildman–Crippen MR) is 309 cm³/mol. The first-order chi connectivity index (χ1) is 34.5. The molecule has 0 aromatic heterocycles. The minimum Gasteiger partial charge on any atom is -0.387 e. The highest BCUT2D eigenvalue weighted by Gasteiger charge is 2.27. The Morgan fingerprint density at radius 3 is 1.17 bits per heavy atom. The molecule has 0 saturated heterocycles. The third-order valence-electron chi connectivity index (χ3n) is 13.8. The Morgan fingerprint density at radius 2 is 0.803 bits per heavy atom. The summed E-state index contributed by atoms with van der Waals surface area (Å²) in [6, 6.07) is -0.846. The molecule has 8 nitrogen and oxygen atoms in total. The lowest BCUT2D eigenvalue weighted by atomic mass is 10.0. The van der Waals surface area contributed by atoms with Crippen molar-refractivity contribution >= 4 is 13.7 Å². The summed E-state index contributed by atoms with van der Waals surface area (Å²) in [5.41, 5.74) is 0. The van der Waals surface area contributed by atoms with Crippen LogP contribution in [0.4, 0.5) is 0 Å². The van der Waals surface area contributed by atoms with Gasteiger partial charge in [0.15, 0.2) is 0 Å². The van der Waals surface area contributed by atoms with E-state index in [1.54, 1.807) is 6.08 Å². The number of aliphatic hydroxyl groups excluding tert-OH is 1. The van der Waals surface area contributed by atoms with Gasteiger partial charge in [0.05, 0.1) is 39.9 Å². The van der Waals surface area contributed by atoms with Crippen molar-refractivity contribution in [2.45, 2.75) is 302 Å². The van der Waals surface area contributed by atoms with Crippen LogP contribution in [0, 0.1) is 0 Å². The summed E-state index contributed by atoms with van der Waals surface area (Å²) >= 11 is 0. The summed E-state index contributed by atoms with van der Waals surface area (Å²) in [6.07, 6.45) is 70.8. The van der Waals surface area contributed by atoms with E-state index in [1.165, 1.54) is 218 Å². The van der Waals surface area contributed by atoms with Crippen LogP contribution in [0.25, 0.3) is 0 Å². The maximum absolute atomic E-state index is 13.0. The van der Waals surface area contributed by atoms with Gasteiger partial charge in [-0.15, -0.1) is 0 Å². The molecule has 0 rings (SSSR count). The molecule has 71 heavy (non-hydrogen) atoms. The van der Waals surface area contributed by atoms with E-state index in [9.17, 15) is 19.4 Å². The Bertz CT molecular complexity index is 1290. The van der Waals surface area contributed by atoms with Gasteiger partial charge < -0.3 is 19.8 Å². The van der Waals surface area contributed by atoms with Gasteiger partial charge in [-0.3, -0.25) is 13.8 Å². The van der Waals surface area contributed by atoms with E-state index in [-0.39, 0.29) is 19.1 Å². The van der Waals surface area contributed by atoms with E-state index in [0.29, 0.717) is 17.4 Å². The van der Waals surface area contributed by atoms with Gasteiger partial charge in [-0.25, -0.2) is 4.57 Å². The SMILES string of the molecule is CCCCCCC/C=C\C/C=C\C/C=C\CCCCCCCCCCCCCCCCCCCCC(=O)NC(COP(=O)(O)OCC[N+](C)(C)C)C(O)/C=C/CCCCCCCCCCCCCCCC. The highest BCUT2D eigenvalue weighted by Crippen LogP contribution is 2.43. The largest absolute Gasteiger partial charge is 0.472 e. The lowest BCUT2D eigenvalue weighted by Gasteiger charge is -2.25. The standard InChI is InChI=1S/C62H119N2O6P/c1-6-8-10-12-14-16-18-20-22-24-25-26-27-28-29-30-31-32-33-34-35-36-37-38-39-40-42-44-46-48-50-52-54-56-62(66)63-60(59-70-71(67,68)69-58-57-64(3,4)5)61(65)55-53-51-49-47-45-43-41-23-21-19-17-15-13-11-9-7-2/h18,20,24-25,27-28,53,55,60-61,65H,6-17,19,21-23,26,29-52,54,56-59H2,1-5H3,(H-,63,66,67,68)/p+1/b20-18-,25-24-,28-27-,55-53+. The predicted octanol–water partition coefficient (Wildman–Crippen LogP) is 18.7. The van der Waals surface area contributed by atoms with Crippen LogP contribution < -0.4 is 5.32 Å². The van der Waals surface area contributed by atoms with Crippen molar-refractivity contribution < 1.29 is 32.9 Å². The molecule has 0 saturated carbocycles. The molecule has 418 valence electrons. The molecular weight excluding hydrogens is 900 g/mol. The number of nitrogens with zero attached hydrogens (tertiary/aromatic N) is 1. The van der Waals surface area contributed by atoms with Crippen molar-refractivity contribution in [1.82, 2.24) is 5.32 Å². The number of hydrogen-bond acceptors (Lipinski definition) is 5. The second-order valence-electron chi connectivity index (χ2n) is 22.1. The maximum Gasteiger partial charge on any atom is 0.472 e. The Kier molecular flexibility index (Phi) is 52.1. The van der Waals surface area contributed by atoms with E-state index >= 15 is 0 Å². The highest BCUT2D eigenvalue weighted by molar-refractivity contribution is 7.47. The van der Waals surface area contributed by atoms with E-state index in [0.717, 1.165) is 51.4 Å². The number of unbranched alkanes of at least 4 members (excludes halogenated alkanes) is 37. The topological polar surface area (TPSA) is 105 Å². The third-order valence-corrected chi connectivity index (χ3v) is 14.8. The van der Waals surface area contributed by atoms with Crippen LogP contribution >= 0.6 is 7.82 Å². The van der Waals surface area contributed by atoms with E-state index in [1.807, 2.05) is 27.2 Å². The van der Waals surface area contributed by atoms with E-state index < -0.39 is 20.0 Å². The number of phosphoric ester groups is 1. The first-order valence-electron chi connectivity index (χ1n) is 30.5. The smallest absolute Gasteiger partial charge is 0.387 e. The molecule has 0 bridgehead atoms. The van der Waals surface area contributed by atoms with Gasteiger partial charge in [-0.05, 0) is 57.8 Å². The lowest BCUT2D eigenvalue weighted by molar-refractivity contribution is -0.870. The molecule has 0 fully saturated rings. The lowest BCUT2D eigenvalue weighted by Crippen LogP contribution is -2.45. The van der Waals surface area contributed by atoms with Gasteiger partial charge in [-0.2, -0.15) is 0 Å². The zero-order valence-electron chi connectivity index (χ0n) is 47.7. The van der Waals surface area contributed by atoms with Crippen LogP contribution in [0.2, 0.25) is 0 Å². The molecule has 0 aromatic rings. The first-order valence-corrected chi connectivity index (χ1v) is 32.0. The number of rotatable bonds is 56. The highest BCUT2D eigenvalue weighted by atomic mass is 31.2. The van der Waals surface area contributed by atoms with Crippen LogP contribution in [-0.2, 0) is 18.4 Å². The van der Waals surface area contributed by atoms with E-state index in [4.69, 9.17) is 9.05 Å². The quantitative estimate of drug-likeness (QED) is 0.0243. The van der Waals surface area contributed by atoms with Gasteiger partial charge in [0.25, 0.3) is 0 Å². The number of nitrogens with one attached hydrogen (secondary N) is 1. The summed E-state index contributed by atoms with van der Waals surface area (Å²) in [5, 5.41) is 13.9. The molecule has 1 amide bonds. The monoisotopic (exact) mass is 1020 g/mol. The Balaban J connectivity index is 4.05. The van der Waals surface area contributed by atoms with Crippen LogP contribution in [0.15, 0.2) is 48.6 Å². The average molecular weight is 1020 g/mol.